The van der Waals surface area contributed by atoms with Gasteiger partial charge in [0.2, 0.25) is 0 Å². The molecule has 0 spiro atoms. The molecule has 2 atom stereocenters. The molecule has 0 bridgehead atoms. The highest BCUT2D eigenvalue weighted by atomic mass is 16.8. The summed E-state index contributed by atoms with van der Waals surface area (Å²) in [7, 11) is 0. The molecule has 0 aromatic carbocycles. The smallest absolute Gasteiger partial charge is 0.181 e. The fourth-order valence-electron chi connectivity index (χ4n) is 2.74. The molecule has 1 saturated heterocycles. The van der Waals surface area contributed by atoms with Crippen molar-refractivity contribution in [2.45, 2.75) is 110 Å². The van der Waals surface area contributed by atoms with Crippen LogP contribution in [-0.4, -0.2) is 19.0 Å². The minimum Gasteiger partial charge on any atom is -0.347 e. The van der Waals surface area contributed by atoms with Crippen LogP contribution in [0.4, 0.5) is 0 Å². The molecule has 0 amide bonds. The van der Waals surface area contributed by atoms with Gasteiger partial charge >= 0.3 is 0 Å². The zero-order chi connectivity index (χ0) is 14.5. The third-order valence-electron chi connectivity index (χ3n) is 4.23. The predicted octanol–water partition coefficient (Wildman–Crippen LogP) is 5.84. The Morgan fingerprint density at radius 1 is 0.850 bits per heavy atom. The van der Waals surface area contributed by atoms with Gasteiger partial charge in [-0.2, -0.15) is 0 Å². The molecule has 0 radical (unpaired) electrons. The quantitative estimate of drug-likeness (QED) is 0.278. The van der Waals surface area contributed by atoms with Crippen LogP contribution >= 0.6 is 0 Å². The topological polar surface area (TPSA) is 21.8 Å². The summed E-state index contributed by atoms with van der Waals surface area (Å²) in [5.74, 6) is 0. The third-order valence-corrected chi connectivity index (χ3v) is 4.23. The standard InChI is InChI=1S/C18H36O2/c1-3-5-6-7-8-9-10-11-12-13-14-15-17(4-2)20-18-16-19-18/h17-18H,3-16H2,1-2H3. The summed E-state index contributed by atoms with van der Waals surface area (Å²) in [5.41, 5.74) is 0. The van der Waals surface area contributed by atoms with Gasteiger partial charge in [0, 0.05) is 0 Å². The van der Waals surface area contributed by atoms with Gasteiger partial charge in [-0.15, -0.1) is 0 Å². The number of epoxide rings is 1. The average Bonchev–Trinajstić information content (AvgIpc) is 3.27. The van der Waals surface area contributed by atoms with E-state index in [1.807, 2.05) is 0 Å². The van der Waals surface area contributed by atoms with E-state index in [9.17, 15) is 0 Å². The summed E-state index contributed by atoms with van der Waals surface area (Å²) in [6, 6.07) is 0. The SMILES string of the molecule is CCCCCCCCCCCCCC(CC)OC1CO1. The van der Waals surface area contributed by atoms with Gasteiger partial charge in [-0.25, -0.2) is 0 Å². The monoisotopic (exact) mass is 284 g/mol. The Bertz CT molecular complexity index is 202. The van der Waals surface area contributed by atoms with Crippen LogP contribution in [0, 0.1) is 0 Å². The van der Waals surface area contributed by atoms with E-state index in [0.717, 1.165) is 13.0 Å². The van der Waals surface area contributed by atoms with E-state index in [2.05, 4.69) is 13.8 Å². The summed E-state index contributed by atoms with van der Waals surface area (Å²) < 4.78 is 10.9. The van der Waals surface area contributed by atoms with Crippen LogP contribution < -0.4 is 0 Å². The molecule has 2 heteroatoms. The maximum atomic E-state index is 5.78. The van der Waals surface area contributed by atoms with Gasteiger partial charge < -0.3 is 9.47 Å². The molecule has 1 fully saturated rings. The zero-order valence-corrected chi connectivity index (χ0v) is 13.9. The van der Waals surface area contributed by atoms with Crippen LogP contribution in [0.2, 0.25) is 0 Å². The van der Waals surface area contributed by atoms with E-state index in [0.29, 0.717) is 6.10 Å². The first kappa shape index (κ1) is 18.0. The summed E-state index contributed by atoms with van der Waals surface area (Å²) in [4.78, 5) is 0. The Hall–Kier alpha value is -0.0800. The Morgan fingerprint density at radius 2 is 1.35 bits per heavy atom. The van der Waals surface area contributed by atoms with Crippen molar-refractivity contribution < 1.29 is 9.47 Å². The van der Waals surface area contributed by atoms with E-state index in [1.165, 1.54) is 77.0 Å². The third kappa shape index (κ3) is 10.7. The molecule has 2 unspecified atom stereocenters. The van der Waals surface area contributed by atoms with Crippen molar-refractivity contribution in [1.29, 1.82) is 0 Å². The molecule has 0 aliphatic carbocycles. The molecule has 0 aromatic rings. The van der Waals surface area contributed by atoms with E-state index in [1.54, 1.807) is 0 Å². The summed E-state index contributed by atoms with van der Waals surface area (Å²) in [6.45, 7) is 5.31. The summed E-state index contributed by atoms with van der Waals surface area (Å²) in [6.07, 6.45) is 18.4. The van der Waals surface area contributed by atoms with Crippen molar-refractivity contribution in [2.75, 3.05) is 6.61 Å². The van der Waals surface area contributed by atoms with Crippen molar-refractivity contribution in [2.24, 2.45) is 0 Å². The van der Waals surface area contributed by atoms with Crippen molar-refractivity contribution in [3.05, 3.63) is 0 Å². The second kappa shape index (κ2) is 12.6. The lowest BCUT2D eigenvalue weighted by Crippen LogP contribution is -2.13. The van der Waals surface area contributed by atoms with E-state index < -0.39 is 0 Å². The second-order valence-corrected chi connectivity index (χ2v) is 6.25. The molecule has 1 aliphatic heterocycles. The minimum absolute atomic E-state index is 0.132. The van der Waals surface area contributed by atoms with Crippen molar-refractivity contribution in [3.8, 4) is 0 Å². The summed E-state index contributed by atoms with van der Waals surface area (Å²) in [5, 5.41) is 0. The maximum Gasteiger partial charge on any atom is 0.181 e. The van der Waals surface area contributed by atoms with Gasteiger partial charge in [0.15, 0.2) is 6.29 Å². The fraction of sp³-hybridized carbons (Fsp3) is 1.00. The Labute approximate surface area is 126 Å². The number of ether oxygens (including phenoxy) is 2. The first-order valence-corrected chi connectivity index (χ1v) is 9.13. The molecular formula is C18H36O2. The number of hydrogen-bond acceptors (Lipinski definition) is 2. The van der Waals surface area contributed by atoms with Crippen LogP contribution in [0.1, 0.15) is 97.3 Å². The first-order valence-electron chi connectivity index (χ1n) is 9.13. The second-order valence-electron chi connectivity index (χ2n) is 6.25. The molecule has 1 aliphatic rings. The molecule has 120 valence electrons. The highest BCUT2D eigenvalue weighted by Gasteiger charge is 2.26. The highest BCUT2D eigenvalue weighted by molar-refractivity contribution is 4.63. The fourth-order valence-corrected chi connectivity index (χ4v) is 2.74. The van der Waals surface area contributed by atoms with E-state index >= 15 is 0 Å². The van der Waals surface area contributed by atoms with Crippen molar-refractivity contribution >= 4 is 0 Å². The van der Waals surface area contributed by atoms with Crippen LogP contribution in [0.5, 0.6) is 0 Å². The molecule has 20 heavy (non-hydrogen) atoms. The Morgan fingerprint density at radius 3 is 1.80 bits per heavy atom. The molecule has 0 aromatic heterocycles. The lowest BCUT2D eigenvalue weighted by atomic mass is 10.0. The van der Waals surface area contributed by atoms with Gasteiger partial charge in [-0.1, -0.05) is 84.5 Å². The molecule has 2 nitrogen and oxygen atoms in total. The molecular weight excluding hydrogens is 248 g/mol. The normalized spacial score (nSPS) is 19.2. The average molecular weight is 284 g/mol. The predicted molar refractivity (Wildman–Crippen MR) is 86.0 cm³/mol. The number of hydrogen-bond donors (Lipinski definition) is 0. The van der Waals surface area contributed by atoms with Crippen LogP contribution in [0.3, 0.4) is 0 Å². The molecule has 0 N–H and O–H groups in total. The van der Waals surface area contributed by atoms with Gasteiger partial charge in [-0.3, -0.25) is 0 Å². The Balaban J connectivity index is 1.75. The van der Waals surface area contributed by atoms with Crippen LogP contribution in [0.15, 0.2) is 0 Å². The molecule has 1 heterocycles. The molecule has 0 saturated carbocycles. The first-order chi connectivity index (χ1) is 9.86. The Kier molecular flexibility index (Phi) is 11.4. The van der Waals surface area contributed by atoms with Crippen LogP contribution in [-0.2, 0) is 9.47 Å². The highest BCUT2D eigenvalue weighted by Crippen LogP contribution is 2.19. The lowest BCUT2D eigenvalue weighted by Gasteiger charge is -2.14. The molecule has 1 rings (SSSR count). The number of rotatable bonds is 15. The summed E-state index contributed by atoms with van der Waals surface area (Å²) >= 11 is 0. The van der Waals surface area contributed by atoms with E-state index in [4.69, 9.17) is 9.47 Å². The van der Waals surface area contributed by atoms with Gasteiger partial charge in [0.1, 0.15) is 6.61 Å². The lowest BCUT2D eigenvalue weighted by molar-refractivity contribution is -0.0177. The minimum atomic E-state index is 0.132. The van der Waals surface area contributed by atoms with E-state index in [-0.39, 0.29) is 6.29 Å². The van der Waals surface area contributed by atoms with Crippen molar-refractivity contribution in [1.82, 2.24) is 0 Å². The largest absolute Gasteiger partial charge is 0.347 e. The van der Waals surface area contributed by atoms with Crippen molar-refractivity contribution in [3.63, 3.8) is 0 Å². The zero-order valence-electron chi connectivity index (χ0n) is 13.9. The van der Waals surface area contributed by atoms with Crippen LogP contribution in [0.25, 0.3) is 0 Å². The van der Waals surface area contributed by atoms with Gasteiger partial charge in [-0.05, 0) is 12.8 Å². The van der Waals surface area contributed by atoms with Gasteiger partial charge in [0.05, 0.1) is 6.10 Å². The maximum absolute atomic E-state index is 5.78. The van der Waals surface area contributed by atoms with Gasteiger partial charge in [0.25, 0.3) is 0 Å². The number of unbranched alkanes of at least 4 members (excludes halogenated alkanes) is 10.